The Bertz CT molecular complexity index is 1080. The molecule has 2 heterocycles. The Morgan fingerprint density at radius 2 is 1.65 bits per heavy atom. The predicted octanol–water partition coefficient (Wildman–Crippen LogP) is 4.16. The van der Waals surface area contributed by atoms with E-state index in [1.165, 1.54) is 0 Å². The van der Waals surface area contributed by atoms with E-state index in [9.17, 15) is 19.5 Å². The summed E-state index contributed by atoms with van der Waals surface area (Å²) in [5, 5.41) is 12.6. The molecule has 2 aliphatic heterocycles. The van der Waals surface area contributed by atoms with Crippen molar-refractivity contribution in [2.75, 3.05) is 13.2 Å². The van der Waals surface area contributed by atoms with Crippen LogP contribution in [0, 0.1) is 5.92 Å². The number of nitrogens with zero attached hydrogens (tertiary/aromatic N) is 1. The summed E-state index contributed by atoms with van der Waals surface area (Å²) < 4.78 is 5.58. The number of fused-ring (bicyclic) bond motifs is 6. The molecule has 1 atom stereocenters. The molecule has 34 heavy (non-hydrogen) atoms. The first kappa shape index (κ1) is 22.4. The van der Waals surface area contributed by atoms with Crippen LogP contribution in [0.15, 0.2) is 48.5 Å². The fourth-order valence-electron chi connectivity index (χ4n) is 5.97. The molecule has 2 aromatic rings. The van der Waals surface area contributed by atoms with Crippen molar-refractivity contribution >= 4 is 18.0 Å². The maximum Gasteiger partial charge on any atom is 0.407 e. The molecule has 1 saturated carbocycles. The minimum atomic E-state index is -1.09. The minimum absolute atomic E-state index is 0.0330. The maximum absolute atomic E-state index is 13.0. The van der Waals surface area contributed by atoms with Gasteiger partial charge in [0, 0.05) is 24.9 Å². The lowest BCUT2D eigenvalue weighted by molar-refractivity contribution is -0.170. The van der Waals surface area contributed by atoms with E-state index in [2.05, 4.69) is 29.6 Å². The molecule has 2 amide bonds. The third kappa shape index (κ3) is 3.83. The number of carbonyl (C=O) groups excluding carboxylic acids is 2. The van der Waals surface area contributed by atoms with Crippen LogP contribution >= 0.6 is 0 Å². The Morgan fingerprint density at radius 3 is 2.24 bits per heavy atom. The van der Waals surface area contributed by atoms with Crippen molar-refractivity contribution in [3.05, 3.63) is 59.7 Å². The Balaban J connectivity index is 1.18. The predicted molar refractivity (Wildman–Crippen MR) is 126 cm³/mol. The van der Waals surface area contributed by atoms with Crippen molar-refractivity contribution < 1.29 is 24.2 Å². The number of carboxylic acid groups (broad SMARTS) is 1. The van der Waals surface area contributed by atoms with Crippen LogP contribution < -0.4 is 5.32 Å². The van der Waals surface area contributed by atoms with E-state index in [1.54, 1.807) is 11.8 Å². The molecule has 7 nitrogen and oxygen atoms in total. The van der Waals surface area contributed by atoms with Gasteiger partial charge < -0.3 is 20.1 Å². The fraction of sp³-hybridized carbons (Fsp3) is 0.444. The first-order valence-corrected chi connectivity index (χ1v) is 12.0. The molecule has 7 heteroatoms. The third-order valence-electron chi connectivity index (χ3n) is 7.78. The van der Waals surface area contributed by atoms with Crippen molar-refractivity contribution in [2.45, 2.75) is 56.5 Å². The van der Waals surface area contributed by atoms with Gasteiger partial charge >= 0.3 is 12.1 Å². The van der Waals surface area contributed by atoms with Gasteiger partial charge in [-0.15, -0.1) is 0 Å². The van der Waals surface area contributed by atoms with Crippen LogP contribution in [-0.4, -0.2) is 52.7 Å². The summed E-state index contributed by atoms with van der Waals surface area (Å²) >= 11 is 0. The number of piperidine rings is 2. The van der Waals surface area contributed by atoms with Crippen LogP contribution in [0.3, 0.4) is 0 Å². The Morgan fingerprint density at radius 1 is 1.06 bits per heavy atom. The average molecular weight is 463 g/mol. The van der Waals surface area contributed by atoms with Crippen LogP contribution in [0.5, 0.6) is 0 Å². The highest BCUT2D eigenvalue weighted by Crippen LogP contribution is 2.45. The summed E-state index contributed by atoms with van der Waals surface area (Å²) in [4.78, 5) is 39.1. The largest absolute Gasteiger partial charge is 0.479 e. The molecule has 6 rings (SSSR count). The molecule has 1 unspecified atom stereocenters. The number of hydrogen-bond acceptors (Lipinski definition) is 4. The first-order chi connectivity index (χ1) is 16.4. The van der Waals surface area contributed by atoms with Gasteiger partial charge in [0.05, 0.1) is 0 Å². The zero-order valence-electron chi connectivity index (χ0n) is 19.3. The molecular weight excluding hydrogens is 432 g/mol. The Labute approximate surface area is 199 Å². The molecule has 0 aromatic heterocycles. The number of amides is 2. The number of rotatable bonds is 6. The van der Waals surface area contributed by atoms with Crippen molar-refractivity contribution in [1.29, 1.82) is 0 Å². The molecule has 2 saturated heterocycles. The number of aliphatic carboxylic acids is 1. The van der Waals surface area contributed by atoms with E-state index in [-0.39, 0.29) is 24.9 Å². The summed E-state index contributed by atoms with van der Waals surface area (Å²) in [5.74, 6) is -0.806. The molecule has 0 radical (unpaired) electrons. The number of carboxylic acids is 1. The molecule has 3 fully saturated rings. The monoisotopic (exact) mass is 462 g/mol. The summed E-state index contributed by atoms with van der Waals surface area (Å²) in [5.41, 5.74) is 3.51. The lowest BCUT2D eigenvalue weighted by Gasteiger charge is -2.52. The zero-order valence-corrected chi connectivity index (χ0v) is 19.3. The second-order valence-electron chi connectivity index (χ2n) is 9.86. The quantitative estimate of drug-likeness (QED) is 0.672. The van der Waals surface area contributed by atoms with E-state index in [0.29, 0.717) is 25.3 Å². The van der Waals surface area contributed by atoms with Crippen LogP contribution in [0.1, 0.15) is 56.1 Å². The highest BCUT2D eigenvalue weighted by Gasteiger charge is 2.53. The second-order valence-corrected chi connectivity index (χ2v) is 9.86. The van der Waals surface area contributed by atoms with Crippen molar-refractivity contribution in [1.82, 2.24) is 10.2 Å². The molecule has 2 N–H and O–H groups in total. The second kappa shape index (κ2) is 8.78. The molecule has 0 spiro atoms. The number of alkyl carbamates (subject to hydrolysis) is 1. The van der Waals surface area contributed by atoms with E-state index >= 15 is 0 Å². The smallest absolute Gasteiger partial charge is 0.407 e. The van der Waals surface area contributed by atoms with Crippen LogP contribution in [0.25, 0.3) is 11.1 Å². The SMILES string of the molecule is CC(CC(=O)N1CC2CCC1(C(=O)O)CC2)NC(=O)OCC1c2ccccc2-c2ccccc21. The minimum Gasteiger partial charge on any atom is -0.479 e. The maximum atomic E-state index is 13.0. The lowest BCUT2D eigenvalue weighted by atomic mass is 9.70. The molecule has 4 aliphatic rings. The standard InChI is InChI=1S/C27H30N2O5/c1-17(14-24(30)29-15-18-10-12-27(29,13-11-18)25(31)32)28-26(33)34-16-23-21-8-4-2-6-19(21)20-7-3-5-9-22(20)23/h2-9,17-18,23H,10-16H2,1H3,(H,28,33)(H,31,32). The summed E-state index contributed by atoms with van der Waals surface area (Å²) in [6.45, 7) is 2.44. The molecular formula is C27H30N2O5. The van der Waals surface area contributed by atoms with Gasteiger partial charge in [-0.25, -0.2) is 9.59 Å². The molecule has 2 aromatic carbocycles. The summed E-state index contributed by atoms with van der Waals surface area (Å²) in [7, 11) is 0. The highest BCUT2D eigenvalue weighted by atomic mass is 16.5. The van der Waals surface area contributed by atoms with Gasteiger partial charge in [-0.3, -0.25) is 4.79 Å². The number of ether oxygens (including phenoxy) is 1. The van der Waals surface area contributed by atoms with E-state index in [4.69, 9.17) is 4.74 Å². The number of hydrogen-bond donors (Lipinski definition) is 2. The first-order valence-electron chi connectivity index (χ1n) is 12.0. The fourth-order valence-corrected chi connectivity index (χ4v) is 5.97. The number of nitrogens with one attached hydrogen (secondary N) is 1. The number of carbonyl (C=O) groups is 3. The average Bonchev–Trinajstić information content (AvgIpc) is 3.17. The Kier molecular flexibility index (Phi) is 5.80. The van der Waals surface area contributed by atoms with Gasteiger partial charge in [-0.05, 0) is 60.8 Å². The summed E-state index contributed by atoms with van der Waals surface area (Å²) in [6, 6.07) is 15.8. The van der Waals surface area contributed by atoms with Crippen LogP contribution in [-0.2, 0) is 14.3 Å². The topological polar surface area (TPSA) is 95.9 Å². The summed E-state index contributed by atoms with van der Waals surface area (Å²) in [6.07, 6.45) is 2.19. The van der Waals surface area contributed by atoms with E-state index < -0.39 is 23.6 Å². The van der Waals surface area contributed by atoms with Gasteiger partial charge in [-0.1, -0.05) is 48.5 Å². The van der Waals surface area contributed by atoms with Gasteiger partial charge in [-0.2, -0.15) is 0 Å². The van der Waals surface area contributed by atoms with Crippen LogP contribution in [0.2, 0.25) is 0 Å². The molecule has 2 bridgehead atoms. The lowest BCUT2D eigenvalue weighted by Crippen LogP contribution is -2.64. The van der Waals surface area contributed by atoms with Crippen molar-refractivity contribution in [2.24, 2.45) is 5.92 Å². The van der Waals surface area contributed by atoms with Gasteiger partial charge in [0.15, 0.2) is 0 Å². The molecule has 2 aliphatic carbocycles. The zero-order chi connectivity index (χ0) is 23.9. The van der Waals surface area contributed by atoms with Crippen LogP contribution in [0.4, 0.5) is 4.79 Å². The van der Waals surface area contributed by atoms with E-state index in [1.807, 2.05) is 24.3 Å². The normalized spacial score (nSPS) is 23.7. The highest BCUT2D eigenvalue weighted by molar-refractivity contribution is 5.88. The van der Waals surface area contributed by atoms with Crippen molar-refractivity contribution in [3.8, 4) is 11.1 Å². The van der Waals surface area contributed by atoms with Crippen molar-refractivity contribution in [3.63, 3.8) is 0 Å². The molecule has 178 valence electrons. The van der Waals surface area contributed by atoms with E-state index in [0.717, 1.165) is 35.1 Å². The number of benzene rings is 2. The van der Waals surface area contributed by atoms with Gasteiger partial charge in [0.2, 0.25) is 5.91 Å². The van der Waals surface area contributed by atoms with Gasteiger partial charge in [0.25, 0.3) is 0 Å². The van der Waals surface area contributed by atoms with Gasteiger partial charge in [0.1, 0.15) is 12.1 Å². The Hall–Kier alpha value is -3.35. The third-order valence-corrected chi connectivity index (χ3v) is 7.78.